The molecule has 0 bridgehead atoms. The Kier molecular flexibility index (Phi) is 2.10. The molecule has 0 aliphatic rings. The van der Waals surface area contributed by atoms with Crippen molar-refractivity contribution in [2.45, 2.75) is 0 Å². The lowest BCUT2D eigenvalue weighted by Crippen LogP contribution is -1.90. The maximum atomic E-state index is 12.6. The molecular weight excluding hydrogens is 187 g/mol. The zero-order valence-electron chi connectivity index (χ0n) is 7.38. The lowest BCUT2D eigenvalue weighted by molar-refractivity contribution is 0.450. The highest BCUT2D eigenvalue weighted by molar-refractivity contribution is 5.19. The van der Waals surface area contributed by atoms with E-state index < -0.39 is 5.95 Å². The summed E-state index contributed by atoms with van der Waals surface area (Å²) in [6.45, 7) is 0. The molecule has 14 heavy (non-hydrogen) atoms. The molecule has 0 saturated carbocycles. The van der Waals surface area contributed by atoms with Gasteiger partial charge in [0.15, 0.2) is 5.75 Å². The second kappa shape index (κ2) is 3.41. The van der Waals surface area contributed by atoms with Crippen LogP contribution in [0.15, 0.2) is 24.8 Å². The number of ether oxygens (including phenoxy) is 1. The molecule has 72 valence electrons. The minimum absolute atomic E-state index is 0.158. The number of hydrogen-bond donors (Lipinski definition) is 0. The second-order valence-corrected chi connectivity index (χ2v) is 2.63. The average molecular weight is 194 g/mol. The average Bonchev–Trinajstić information content (AvgIpc) is 2.51. The Morgan fingerprint density at radius 3 is 2.93 bits per heavy atom. The summed E-state index contributed by atoms with van der Waals surface area (Å²) in [5, 5.41) is 3.89. The molecule has 0 aliphatic carbocycles. The highest BCUT2D eigenvalue weighted by Crippen LogP contribution is 2.17. The third-order valence-electron chi connectivity index (χ3n) is 1.51. The lowest BCUT2D eigenvalue weighted by atomic mass is 10.6. The number of aromatic nitrogens is 4. The van der Waals surface area contributed by atoms with Gasteiger partial charge in [0.05, 0.1) is 18.5 Å². The quantitative estimate of drug-likeness (QED) is 0.673. The van der Waals surface area contributed by atoms with Crippen molar-refractivity contribution in [1.82, 2.24) is 19.7 Å². The van der Waals surface area contributed by atoms with E-state index >= 15 is 0 Å². The topological polar surface area (TPSA) is 52.8 Å². The van der Waals surface area contributed by atoms with Crippen molar-refractivity contribution in [3.63, 3.8) is 0 Å². The maximum Gasteiger partial charge on any atom is 0.225 e. The molecule has 6 heteroatoms. The van der Waals surface area contributed by atoms with Crippen LogP contribution in [0, 0.1) is 5.95 Å². The third-order valence-corrected chi connectivity index (χ3v) is 1.51. The first-order valence-corrected chi connectivity index (χ1v) is 3.88. The smallest absolute Gasteiger partial charge is 0.225 e. The van der Waals surface area contributed by atoms with Crippen molar-refractivity contribution in [1.29, 1.82) is 0 Å². The Balaban J connectivity index is 2.18. The Labute approximate surface area is 79.2 Å². The molecule has 2 aromatic heterocycles. The highest BCUT2D eigenvalue weighted by Gasteiger charge is 2.02. The van der Waals surface area contributed by atoms with Gasteiger partial charge in [-0.3, -0.25) is 4.68 Å². The Morgan fingerprint density at radius 2 is 2.29 bits per heavy atom. The van der Waals surface area contributed by atoms with Crippen LogP contribution in [0.1, 0.15) is 0 Å². The number of hydrogen-bond acceptors (Lipinski definition) is 4. The van der Waals surface area contributed by atoms with E-state index in [2.05, 4.69) is 15.1 Å². The minimum Gasteiger partial charge on any atom is -0.436 e. The Morgan fingerprint density at radius 1 is 1.43 bits per heavy atom. The van der Waals surface area contributed by atoms with Gasteiger partial charge in [-0.25, -0.2) is 9.97 Å². The van der Waals surface area contributed by atoms with E-state index in [1.54, 1.807) is 17.9 Å². The first-order valence-electron chi connectivity index (χ1n) is 3.88. The molecule has 2 rings (SSSR count). The van der Waals surface area contributed by atoms with Crippen molar-refractivity contribution in [2.24, 2.45) is 7.05 Å². The van der Waals surface area contributed by atoms with Gasteiger partial charge < -0.3 is 4.74 Å². The van der Waals surface area contributed by atoms with E-state index in [0.717, 1.165) is 12.4 Å². The molecule has 0 unspecified atom stereocenters. The van der Waals surface area contributed by atoms with Gasteiger partial charge >= 0.3 is 0 Å². The number of aryl methyl sites for hydroxylation is 1. The van der Waals surface area contributed by atoms with Crippen LogP contribution in [0.25, 0.3) is 0 Å². The fourth-order valence-electron chi connectivity index (χ4n) is 0.945. The summed E-state index contributed by atoms with van der Waals surface area (Å²) in [4.78, 5) is 7.04. The van der Waals surface area contributed by atoms with E-state index in [0.29, 0.717) is 5.75 Å². The first kappa shape index (κ1) is 8.61. The van der Waals surface area contributed by atoms with E-state index in [1.807, 2.05) is 0 Å². The predicted octanol–water partition coefficient (Wildman–Crippen LogP) is 1.14. The van der Waals surface area contributed by atoms with E-state index in [-0.39, 0.29) is 5.88 Å². The van der Waals surface area contributed by atoms with Crippen LogP contribution in [0.5, 0.6) is 11.6 Å². The molecule has 0 spiro atoms. The number of rotatable bonds is 2. The standard InChI is InChI=1S/C8H7FN4O/c1-13-4-6(3-12-13)14-8-2-7(9)10-5-11-8/h2-5H,1H3. The van der Waals surface area contributed by atoms with Gasteiger partial charge in [0, 0.05) is 7.05 Å². The summed E-state index contributed by atoms with van der Waals surface area (Å²) in [6.07, 6.45) is 4.26. The molecular formula is C8H7FN4O. The monoisotopic (exact) mass is 194 g/mol. The van der Waals surface area contributed by atoms with Gasteiger partial charge in [-0.1, -0.05) is 0 Å². The first-order chi connectivity index (χ1) is 6.74. The molecule has 2 aromatic rings. The molecule has 0 aromatic carbocycles. The summed E-state index contributed by atoms with van der Waals surface area (Å²) in [7, 11) is 1.76. The van der Waals surface area contributed by atoms with Crippen molar-refractivity contribution in [2.75, 3.05) is 0 Å². The van der Waals surface area contributed by atoms with Gasteiger partial charge in [0.2, 0.25) is 11.8 Å². The fraction of sp³-hybridized carbons (Fsp3) is 0.125. The fourth-order valence-corrected chi connectivity index (χ4v) is 0.945. The minimum atomic E-state index is -0.626. The largest absolute Gasteiger partial charge is 0.436 e. The highest BCUT2D eigenvalue weighted by atomic mass is 19.1. The van der Waals surface area contributed by atoms with Gasteiger partial charge in [-0.05, 0) is 0 Å². The zero-order valence-corrected chi connectivity index (χ0v) is 7.38. The van der Waals surface area contributed by atoms with Gasteiger partial charge in [-0.2, -0.15) is 9.49 Å². The number of nitrogens with zero attached hydrogens (tertiary/aromatic N) is 4. The summed E-state index contributed by atoms with van der Waals surface area (Å²) < 4.78 is 19.4. The van der Waals surface area contributed by atoms with Crippen LogP contribution in [0.2, 0.25) is 0 Å². The van der Waals surface area contributed by atoms with Gasteiger partial charge in [-0.15, -0.1) is 0 Å². The summed E-state index contributed by atoms with van der Waals surface area (Å²) in [5.74, 6) is 0.0370. The summed E-state index contributed by atoms with van der Waals surface area (Å²) in [5.41, 5.74) is 0. The molecule has 2 heterocycles. The Bertz CT molecular complexity index is 442. The van der Waals surface area contributed by atoms with Crippen molar-refractivity contribution in [3.05, 3.63) is 30.7 Å². The van der Waals surface area contributed by atoms with Crippen molar-refractivity contribution in [3.8, 4) is 11.6 Å². The zero-order chi connectivity index (χ0) is 9.97. The number of halogens is 1. The van der Waals surface area contributed by atoms with E-state index in [4.69, 9.17) is 4.74 Å². The SMILES string of the molecule is Cn1cc(Oc2cc(F)ncn2)cn1. The molecule has 0 fully saturated rings. The van der Waals surface area contributed by atoms with Gasteiger partial charge in [0.1, 0.15) is 6.33 Å². The van der Waals surface area contributed by atoms with Crippen LogP contribution in [0.3, 0.4) is 0 Å². The molecule has 0 N–H and O–H groups in total. The predicted molar refractivity (Wildman–Crippen MR) is 45.3 cm³/mol. The van der Waals surface area contributed by atoms with Crippen LogP contribution < -0.4 is 4.74 Å². The molecule has 0 atom stereocenters. The maximum absolute atomic E-state index is 12.6. The van der Waals surface area contributed by atoms with Crippen molar-refractivity contribution >= 4 is 0 Å². The van der Waals surface area contributed by atoms with E-state index in [1.165, 1.54) is 6.20 Å². The van der Waals surface area contributed by atoms with Crippen LogP contribution in [0.4, 0.5) is 4.39 Å². The van der Waals surface area contributed by atoms with E-state index in [9.17, 15) is 4.39 Å². The Hall–Kier alpha value is -1.98. The van der Waals surface area contributed by atoms with Crippen LogP contribution >= 0.6 is 0 Å². The normalized spacial score (nSPS) is 10.1. The summed E-state index contributed by atoms with van der Waals surface area (Å²) >= 11 is 0. The summed E-state index contributed by atoms with van der Waals surface area (Å²) in [6, 6.07) is 1.10. The van der Waals surface area contributed by atoms with Crippen LogP contribution in [-0.4, -0.2) is 19.7 Å². The molecule has 0 aliphatic heterocycles. The van der Waals surface area contributed by atoms with Gasteiger partial charge in [0.25, 0.3) is 0 Å². The van der Waals surface area contributed by atoms with Crippen LogP contribution in [-0.2, 0) is 7.05 Å². The molecule has 5 nitrogen and oxygen atoms in total. The lowest BCUT2D eigenvalue weighted by Gasteiger charge is -1.99. The third kappa shape index (κ3) is 1.85. The second-order valence-electron chi connectivity index (χ2n) is 2.63. The van der Waals surface area contributed by atoms with Crippen molar-refractivity contribution < 1.29 is 9.13 Å². The molecule has 0 saturated heterocycles. The molecule has 0 amide bonds. The molecule has 0 radical (unpaired) electrons.